The summed E-state index contributed by atoms with van der Waals surface area (Å²) in [5.41, 5.74) is -0.525. The van der Waals surface area contributed by atoms with Crippen LogP contribution >= 0.6 is 0 Å². The maximum atomic E-state index is 11.6. The topological polar surface area (TPSA) is 128 Å². The fourth-order valence-corrected chi connectivity index (χ4v) is 1.52. The van der Waals surface area contributed by atoms with Crippen molar-refractivity contribution in [2.24, 2.45) is 5.41 Å². The van der Waals surface area contributed by atoms with Crippen LogP contribution in [-0.4, -0.2) is 63.8 Å². The molecule has 9 nitrogen and oxygen atoms in total. The molecule has 0 saturated heterocycles. The van der Waals surface area contributed by atoms with E-state index in [9.17, 15) is 18.0 Å². The average molecular weight is 355 g/mol. The van der Waals surface area contributed by atoms with Crippen LogP contribution in [0.2, 0.25) is 0 Å². The van der Waals surface area contributed by atoms with Crippen molar-refractivity contribution in [2.45, 2.75) is 27.2 Å². The van der Waals surface area contributed by atoms with Crippen LogP contribution in [0.3, 0.4) is 0 Å². The van der Waals surface area contributed by atoms with E-state index in [1.54, 1.807) is 13.8 Å². The summed E-state index contributed by atoms with van der Waals surface area (Å²) in [6.45, 7) is 5.61. The molecule has 0 rings (SSSR count). The molecule has 136 valence electrons. The van der Waals surface area contributed by atoms with Crippen LogP contribution in [0, 0.1) is 5.41 Å². The first-order valence-electron chi connectivity index (χ1n) is 7.19. The lowest BCUT2D eigenvalue weighted by atomic mass is 9.91. The molecule has 0 aliphatic rings. The third-order valence-electron chi connectivity index (χ3n) is 2.99. The van der Waals surface area contributed by atoms with E-state index < -0.39 is 27.4 Å². The number of carbonyl (C=O) groups excluding carboxylic acids is 2. The van der Waals surface area contributed by atoms with E-state index in [1.165, 1.54) is 0 Å². The number of hydrogen-bond donors (Lipinski definition) is 2. The van der Waals surface area contributed by atoms with Gasteiger partial charge in [-0.05, 0) is 20.3 Å². The standard InChI is InChI=1S/C13H25NO8S/c1-4-13(2,3)11(15)21-8-6-20-7-9-22-12(16)14-5-10-23(17,18)19/h4-10H2,1-3H3,(H,14,16)(H,17,18,19). The zero-order chi connectivity index (χ0) is 17.9. The molecule has 23 heavy (non-hydrogen) atoms. The van der Waals surface area contributed by atoms with Gasteiger partial charge in [0.2, 0.25) is 0 Å². The normalized spacial score (nSPS) is 11.8. The quantitative estimate of drug-likeness (QED) is 0.313. The lowest BCUT2D eigenvalue weighted by Gasteiger charge is -2.20. The van der Waals surface area contributed by atoms with Gasteiger partial charge in [0.05, 0.1) is 24.4 Å². The Morgan fingerprint density at radius 2 is 1.65 bits per heavy atom. The molecule has 0 aromatic heterocycles. The number of carbonyl (C=O) groups is 2. The highest BCUT2D eigenvalue weighted by atomic mass is 32.2. The molecule has 1 amide bonds. The third kappa shape index (κ3) is 11.8. The number of amides is 1. The molecule has 0 atom stereocenters. The van der Waals surface area contributed by atoms with Crippen molar-refractivity contribution in [2.75, 3.05) is 38.7 Å². The lowest BCUT2D eigenvalue weighted by molar-refractivity contribution is -0.155. The highest BCUT2D eigenvalue weighted by Gasteiger charge is 2.26. The number of esters is 1. The van der Waals surface area contributed by atoms with Crippen LogP contribution in [0.4, 0.5) is 4.79 Å². The number of rotatable bonds is 11. The third-order valence-corrected chi connectivity index (χ3v) is 3.71. The summed E-state index contributed by atoms with van der Waals surface area (Å²) in [6.07, 6.45) is -0.138. The van der Waals surface area contributed by atoms with Crippen molar-refractivity contribution >= 4 is 22.2 Å². The molecule has 0 bridgehead atoms. The Hall–Kier alpha value is -1.39. The minimum Gasteiger partial charge on any atom is -0.463 e. The first-order valence-corrected chi connectivity index (χ1v) is 8.80. The van der Waals surface area contributed by atoms with E-state index in [4.69, 9.17) is 18.8 Å². The minimum absolute atomic E-state index is 0.0356. The van der Waals surface area contributed by atoms with E-state index in [0.29, 0.717) is 6.42 Å². The van der Waals surface area contributed by atoms with Gasteiger partial charge in [-0.15, -0.1) is 0 Å². The molecule has 0 heterocycles. The molecule has 0 aliphatic heterocycles. The van der Waals surface area contributed by atoms with Crippen LogP contribution in [0.25, 0.3) is 0 Å². The maximum Gasteiger partial charge on any atom is 0.407 e. The summed E-state index contributed by atoms with van der Waals surface area (Å²) in [7, 11) is -4.11. The highest BCUT2D eigenvalue weighted by molar-refractivity contribution is 7.85. The number of ether oxygens (including phenoxy) is 3. The lowest BCUT2D eigenvalue weighted by Crippen LogP contribution is -2.30. The Labute approximate surface area is 136 Å². The van der Waals surface area contributed by atoms with E-state index in [0.717, 1.165) is 0 Å². The number of nitrogens with one attached hydrogen (secondary N) is 1. The SMILES string of the molecule is CCC(C)(C)C(=O)OCCOCCOC(=O)NCCS(=O)(=O)O. The van der Waals surface area contributed by atoms with Crippen LogP contribution in [-0.2, 0) is 29.1 Å². The van der Waals surface area contributed by atoms with Gasteiger partial charge >= 0.3 is 12.1 Å². The van der Waals surface area contributed by atoms with Crippen LogP contribution in [0.1, 0.15) is 27.2 Å². The van der Waals surface area contributed by atoms with Crippen molar-refractivity contribution in [1.29, 1.82) is 0 Å². The van der Waals surface area contributed by atoms with Crippen molar-refractivity contribution in [3.8, 4) is 0 Å². The monoisotopic (exact) mass is 355 g/mol. The van der Waals surface area contributed by atoms with Gasteiger partial charge < -0.3 is 19.5 Å². The highest BCUT2D eigenvalue weighted by Crippen LogP contribution is 2.21. The Morgan fingerprint density at radius 3 is 2.17 bits per heavy atom. The van der Waals surface area contributed by atoms with E-state index >= 15 is 0 Å². The zero-order valence-electron chi connectivity index (χ0n) is 13.7. The second kappa shape index (κ2) is 10.4. The predicted octanol–water partition coefficient (Wildman–Crippen LogP) is 0.596. The van der Waals surface area contributed by atoms with Gasteiger partial charge in [0.25, 0.3) is 10.1 Å². The summed E-state index contributed by atoms with van der Waals surface area (Å²) < 4.78 is 44.1. The first kappa shape index (κ1) is 21.6. The van der Waals surface area contributed by atoms with E-state index in [2.05, 4.69) is 5.32 Å². The van der Waals surface area contributed by atoms with Crippen LogP contribution in [0.15, 0.2) is 0 Å². The molecule has 0 unspecified atom stereocenters. The fraction of sp³-hybridized carbons (Fsp3) is 0.846. The maximum absolute atomic E-state index is 11.6. The summed E-state index contributed by atoms with van der Waals surface area (Å²) >= 11 is 0. The van der Waals surface area contributed by atoms with Crippen molar-refractivity contribution < 1.29 is 36.8 Å². The number of alkyl carbamates (subject to hydrolysis) is 1. The molecule has 0 fully saturated rings. The van der Waals surface area contributed by atoms with Gasteiger partial charge in [0, 0.05) is 6.54 Å². The molecule has 0 aliphatic carbocycles. The van der Waals surface area contributed by atoms with Crippen molar-refractivity contribution in [3.05, 3.63) is 0 Å². The molecule has 2 N–H and O–H groups in total. The summed E-state index contributed by atoms with van der Waals surface area (Å²) in [5, 5.41) is 2.15. The van der Waals surface area contributed by atoms with Gasteiger partial charge in [0.1, 0.15) is 13.2 Å². The minimum atomic E-state index is -4.11. The van der Waals surface area contributed by atoms with E-state index in [1.807, 2.05) is 6.92 Å². The molecular weight excluding hydrogens is 330 g/mol. The Bertz CT molecular complexity index is 474. The average Bonchev–Trinajstić information content (AvgIpc) is 2.44. The predicted molar refractivity (Wildman–Crippen MR) is 81.6 cm³/mol. The fourth-order valence-electron chi connectivity index (χ4n) is 1.16. The largest absolute Gasteiger partial charge is 0.463 e. The molecule has 0 aromatic rings. The second-order valence-electron chi connectivity index (χ2n) is 5.33. The Balaban J connectivity index is 3.56. The van der Waals surface area contributed by atoms with Gasteiger partial charge in [-0.3, -0.25) is 9.35 Å². The summed E-state index contributed by atoms with van der Waals surface area (Å²) in [4.78, 5) is 22.7. The zero-order valence-corrected chi connectivity index (χ0v) is 14.5. The molecule has 0 saturated carbocycles. The van der Waals surface area contributed by atoms with Gasteiger partial charge in [-0.25, -0.2) is 4.79 Å². The first-order chi connectivity index (χ1) is 10.6. The van der Waals surface area contributed by atoms with Crippen molar-refractivity contribution in [1.82, 2.24) is 5.32 Å². The van der Waals surface area contributed by atoms with Crippen LogP contribution < -0.4 is 5.32 Å². The van der Waals surface area contributed by atoms with Gasteiger partial charge in [0.15, 0.2) is 0 Å². The van der Waals surface area contributed by atoms with Crippen LogP contribution in [0.5, 0.6) is 0 Å². The Kier molecular flexibility index (Phi) is 9.77. The Morgan fingerprint density at radius 1 is 1.09 bits per heavy atom. The second-order valence-corrected chi connectivity index (χ2v) is 6.91. The summed E-state index contributed by atoms with van der Waals surface area (Å²) in [6, 6.07) is 0. The molecule has 0 aromatic carbocycles. The van der Waals surface area contributed by atoms with Gasteiger partial charge in [-0.1, -0.05) is 6.92 Å². The summed E-state index contributed by atoms with van der Waals surface area (Å²) in [5.74, 6) is -0.879. The smallest absolute Gasteiger partial charge is 0.407 e. The molecule has 10 heteroatoms. The number of hydrogen-bond acceptors (Lipinski definition) is 7. The molecule has 0 spiro atoms. The van der Waals surface area contributed by atoms with Crippen molar-refractivity contribution in [3.63, 3.8) is 0 Å². The molecular formula is C13H25NO8S. The van der Waals surface area contributed by atoms with E-state index in [-0.39, 0.29) is 38.9 Å². The molecule has 0 radical (unpaired) electrons. The van der Waals surface area contributed by atoms with Gasteiger partial charge in [-0.2, -0.15) is 8.42 Å².